The highest BCUT2D eigenvalue weighted by Crippen LogP contribution is 2.07. The van der Waals surface area contributed by atoms with E-state index in [9.17, 15) is 4.79 Å². The fourth-order valence-electron chi connectivity index (χ4n) is 1.86. The fourth-order valence-corrected chi connectivity index (χ4v) is 1.86. The van der Waals surface area contributed by atoms with E-state index in [-0.39, 0.29) is 5.91 Å². The van der Waals surface area contributed by atoms with Crippen LogP contribution in [0.2, 0.25) is 0 Å². The van der Waals surface area contributed by atoms with Crippen LogP contribution < -0.4 is 0 Å². The second-order valence-electron chi connectivity index (χ2n) is 4.29. The minimum Gasteiger partial charge on any atom is -0.378 e. The van der Waals surface area contributed by atoms with Crippen LogP contribution in [0, 0.1) is 6.42 Å². The van der Waals surface area contributed by atoms with Crippen LogP contribution in [0.5, 0.6) is 0 Å². The summed E-state index contributed by atoms with van der Waals surface area (Å²) in [6.07, 6.45) is 6.54. The average Bonchev–Trinajstić information content (AvgIpc) is 2.42. The van der Waals surface area contributed by atoms with Crippen LogP contribution in [-0.4, -0.2) is 43.7 Å². The van der Waals surface area contributed by atoms with Crippen molar-refractivity contribution in [3.05, 3.63) is 16.9 Å². The van der Waals surface area contributed by atoms with Crippen molar-refractivity contribution in [3.63, 3.8) is 0 Å². The number of carbonyl (C=O) groups excluding carboxylic acids is 1. The smallest absolute Gasteiger partial charge is 0.223 e. The summed E-state index contributed by atoms with van der Waals surface area (Å²) >= 11 is 0. The van der Waals surface area contributed by atoms with Crippen molar-refractivity contribution in [2.75, 3.05) is 32.8 Å². The van der Waals surface area contributed by atoms with Crippen molar-refractivity contribution < 1.29 is 9.53 Å². The lowest BCUT2D eigenvalue weighted by Gasteiger charge is -2.26. The van der Waals surface area contributed by atoms with Gasteiger partial charge in [0.25, 0.3) is 0 Å². The molecule has 1 aliphatic heterocycles. The van der Waals surface area contributed by atoms with E-state index in [1.807, 2.05) is 11.3 Å². The van der Waals surface area contributed by atoms with Gasteiger partial charge in [0.2, 0.25) is 5.91 Å². The van der Waals surface area contributed by atoms with Crippen molar-refractivity contribution in [3.8, 4) is 0 Å². The van der Waals surface area contributed by atoms with Gasteiger partial charge in [-0.1, -0.05) is 18.0 Å². The molecule has 1 heterocycles. The maximum Gasteiger partial charge on any atom is 0.223 e. The molecule has 6 nitrogen and oxygen atoms in total. The first-order chi connectivity index (χ1) is 8.84. The van der Waals surface area contributed by atoms with Crippen LogP contribution in [0.3, 0.4) is 0 Å². The highest BCUT2D eigenvalue weighted by molar-refractivity contribution is 5.77. The van der Waals surface area contributed by atoms with E-state index in [1.165, 1.54) is 0 Å². The third-order valence-corrected chi connectivity index (χ3v) is 2.91. The molecular weight excluding hydrogens is 232 g/mol. The van der Waals surface area contributed by atoms with E-state index < -0.39 is 0 Å². The van der Waals surface area contributed by atoms with Gasteiger partial charge < -0.3 is 9.64 Å². The fraction of sp³-hybridized carbons (Fsp3) is 0.833. The summed E-state index contributed by atoms with van der Waals surface area (Å²) in [6.45, 7) is 3.33. The summed E-state index contributed by atoms with van der Waals surface area (Å²) in [7, 11) is 0. The molecule has 0 atom stereocenters. The monoisotopic (exact) mass is 253 g/mol. The van der Waals surface area contributed by atoms with E-state index in [0.717, 1.165) is 38.8 Å². The summed E-state index contributed by atoms with van der Waals surface area (Å²) in [5.41, 5.74) is 8.09. The van der Waals surface area contributed by atoms with Gasteiger partial charge in [-0.3, -0.25) is 4.79 Å². The van der Waals surface area contributed by atoms with Gasteiger partial charge in [-0.25, -0.2) is 0 Å². The zero-order valence-corrected chi connectivity index (χ0v) is 10.8. The Morgan fingerprint density at radius 2 is 2.11 bits per heavy atom. The first kappa shape index (κ1) is 14.8. The third-order valence-electron chi connectivity index (χ3n) is 2.91. The molecule has 0 aromatic rings. The molecule has 0 spiro atoms. The number of rotatable bonds is 8. The van der Waals surface area contributed by atoms with Gasteiger partial charge >= 0.3 is 0 Å². The highest BCUT2D eigenvalue weighted by Gasteiger charge is 2.15. The molecule has 1 fully saturated rings. The lowest BCUT2D eigenvalue weighted by molar-refractivity contribution is -0.134. The summed E-state index contributed by atoms with van der Waals surface area (Å²) < 4.78 is 5.20. The van der Waals surface area contributed by atoms with Crippen LogP contribution >= 0.6 is 0 Å². The topological polar surface area (TPSA) is 78.3 Å². The molecule has 1 radical (unpaired) electrons. The number of ether oxygens (including phenoxy) is 1. The molecule has 18 heavy (non-hydrogen) atoms. The van der Waals surface area contributed by atoms with Gasteiger partial charge in [0, 0.05) is 31.0 Å². The van der Waals surface area contributed by atoms with Gasteiger partial charge in [0.15, 0.2) is 0 Å². The number of hydrogen-bond donors (Lipinski definition) is 0. The second-order valence-corrected chi connectivity index (χ2v) is 4.29. The summed E-state index contributed by atoms with van der Waals surface area (Å²) in [6, 6.07) is 0. The second kappa shape index (κ2) is 9.74. The number of carbonyl (C=O) groups is 1. The molecule has 0 N–H and O–H groups in total. The summed E-state index contributed by atoms with van der Waals surface area (Å²) in [4.78, 5) is 16.3. The Kier molecular flexibility index (Phi) is 8.01. The SMILES string of the molecule is [N-]=[N+]=NCCCCC[CH]CC(=O)N1CCOCC1. The predicted molar refractivity (Wildman–Crippen MR) is 68.8 cm³/mol. The van der Waals surface area contributed by atoms with Crippen LogP contribution in [0.4, 0.5) is 0 Å². The zero-order chi connectivity index (χ0) is 13.1. The van der Waals surface area contributed by atoms with Gasteiger partial charge in [-0.2, -0.15) is 0 Å². The quantitative estimate of drug-likeness (QED) is 0.288. The highest BCUT2D eigenvalue weighted by atomic mass is 16.5. The average molecular weight is 253 g/mol. The maximum atomic E-state index is 11.8. The maximum absolute atomic E-state index is 11.8. The molecule has 1 saturated heterocycles. The molecule has 0 aliphatic carbocycles. The molecule has 0 saturated carbocycles. The standard InChI is InChI=1S/C12H21N4O2/c13-15-14-7-5-3-1-2-4-6-12(17)16-8-10-18-11-9-16/h4H,1-3,5-11H2. The Balaban J connectivity index is 1.93. The summed E-state index contributed by atoms with van der Waals surface area (Å²) in [5.74, 6) is 0.201. The zero-order valence-electron chi connectivity index (χ0n) is 10.8. The Hall–Kier alpha value is -1.26. The molecule has 0 unspecified atom stereocenters. The Morgan fingerprint density at radius 3 is 2.83 bits per heavy atom. The van der Waals surface area contributed by atoms with E-state index in [0.29, 0.717) is 26.2 Å². The minimum atomic E-state index is 0.201. The van der Waals surface area contributed by atoms with Crippen LogP contribution in [0.15, 0.2) is 5.11 Å². The van der Waals surface area contributed by atoms with E-state index in [2.05, 4.69) is 10.0 Å². The number of hydrogen-bond acceptors (Lipinski definition) is 3. The molecule has 0 aromatic carbocycles. The number of nitrogens with zero attached hydrogens (tertiary/aromatic N) is 4. The van der Waals surface area contributed by atoms with Crippen molar-refractivity contribution in [1.29, 1.82) is 0 Å². The molecular formula is C12H21N4O2. The number of amides is 1. The molecule has 1 amide bonds. The van der Waals surface area contributed by atoms with Crippen molar-refractivity contribution >= 4 is 5.91 Å². The third kappa shape index (κ3) is 6.47. The van der Waals surface area contributed by atoms with Crippen LogP contribution in [-0.2, 0) is 9.53 Å². The van der Waals surface area contributed by atoms with Crippen molar-refractivity contribution in [2.45, 2.75) is 32.1 Å². The lowest BCUT2D eigenvalue weighted by Crippen LogP contribution is -2.40. The Morgan fingerprint density at radius 1 is 1.33 bits per heavy atom. The minimum absolute atomic E-state index is 0.201. The molecule has 0 aromatic heterocycles. The Bertz CT molecular complexity index is 284. The number of azide groups is 1. The largest absolute Gasteiger partial charge is 0.378 e. The van der Waals surface area contributed by atoms with Gasteiger partial charge in [0.1, 0.15) is 0 Å². The normalized spacial score (nSPS) is 15.2. The molecule has 0 bridgehead atoms. The Labute approximate surface area is 108 Å². The van der Waals surface area contributed by atoms with E-state index in [4.69, 9.17) is 10.3 Å². The summed E-state index contributed by atoms with van der Waals surface area (Å²) in [5, 5.41) is 3.48. The molecule has 6 heteroatoms. The van der Waals surface area contributed by atoms with Crippen LogP contribution in [0.25, 0.3) is 10.4 Å². The van der Waals surface area contributed by atoms with Crippen molar-refractivity contribution in [1.82, 2.24) is 4.90 Å². The number of morpholine rings is 1. The first-order valence-corrected chi connectivity index (χ1v) is 6.52. The van der Waals surface area contributed by atoms with E-state index in [1.54, 1.807) is 0 Å². The van der Waals surface area contributed by atoms with Gasteiger partial charge in [0.05, 0.1) is 13.2 Å². The van der Waals surface area contributed by atoms with Gasteiger partial charge in [-0.05, 0) is 24.8 Å². The van der Waals surface area contributed by atoms with E-state index >= 15 is 0 Å². The first-order valence-electron chi connectivity index (χ1n) is 6.52. The van der Waals surface area contributed by atoms with Gasteiger partial charge in [-0.15, -0.1) is 0 Å². The lowest BCUT2D eigenvalue weighted by atomic mass is 10.1. The van der Waals surface area contributed by atoms with Crippen LogP contribution in [0.1, 0.15) is 32.1 Å². The molecule has 101 valence electrons. The van der Waals surface area contributed by atoms with Crippen molar-refractivity contribution in [2.24, 2.45) is 5.11 Å². The predicted octanol–water partition coefficient (Wildman–Crippen LogP) is 2.31. The number of unbranched alkanes of at least 4 members (excludes halogenated alkanes) is 4. The molecule has 1 rings (SSSR count). The molecule has 1 aliphatic rings.